The number of benzene rings is 1. The number of ether oxygens (including phenoxy) is 2. The zero-order valence-corrected chi connectivity index (χ0v) is 12.3. The Kier molecular flexibility index (Phi) is 7.30. The van der Waals surface area contributed by atoms with E-state index in [1.807, 2.05) is 32.0 Å². The van der Waals surface area contributed by atoms with Gasteiger partial charge in [0.05, 0.1) is 25.5 Å². The molecule has 1 aromatic rings. The van der Waals surface area contributed by atoms with Crippen molar-refractivity contribution in [2.45, 2.75) is 26.4 Å². The predicted octanol–water partition coefficient (Wildman–Crippen LogP) is 2.28. The molecule has 4 heteroatoms. The van der Waals surface area contributed by atoms with E-state index >= 15 is 0 Å². The standard InChI is InChI=1S/C15H26N2O2/c1-13(2)19-12-11-17(10-6-9-16)14-7-4-5-8-15(14)18-3/h4-5,7-8,13H,6,9-12,16H2,1-3H3. The molecule has 0 aliphatic rings. The van der Waals surface area contributed by atoms with Crippen molar-refractivity contribution < 1.29 is 9.47 Å². The zero-order valence-electron chi connectivity index (χ0n) is 12.3. The molecule has 0 atom stereocenters. The minimum Gasteiger partial charge on any atom is -0.495 e. The Balaban J connectivity index is 2.71. The van der Waals surface area contributed by atoms with Gasteiger partial charge in [-0.1, -0.05) is 12.1 Å². The second-order valence-corrected chi connectivity index (χ2v) is 4.72. The van der Waals surface area contributed by atoms with Gasteiger partial charge in [-0.15, -0.1) is 0 Å². The summed E-state index contributed by atoms with van der Waals surface area (Å²) in [4.78, 5) is 2.27. The topological polar surface area (TPSA) is 47.7 Å². The van der Waals surface area contributed by atoms with Gasteiger partial charge >= 0.3 is 0 Å². The van der Waals surface area contributed by atoms with Gasteiger partial charge in [-0.3, -0.25) is 0 Å². The van der Waals surface area contributed by atoms with Crippen LogP contribution in [0.1, 0.15) is 20.3 Å². The lowest BCUT2D eigenvalue weighted by atomic mass is 10.2. The van der Waals surface area contributed by atoms with E-state index in [0.29, 0.717) is 13.2 Å². The third-order valence-corrected chi connectivity index (χ3v) is 2.87. The molecule has 0 saturated heterocycles. The molecule has 1 rings (SSSR count). The molecule has 0 amide bonds. The van der Waals surface area contributed by atoms with Crippen LogP contribution >= 0.6 is 0 Å². The molecule has 0 aliphatic carbocycles. The summed E-state index contributed by atoms with van der Waals surface area (Å²) in [6.45, 7) is 7.26. The fraction of sp³-hybridized carbons (Fsp3) is 0.600. The fourth-order valence-electron chi connectivity index (χ4n) is 1.92. The SMILES string of the molecule is COc1ccccc1N(CCCN)CCOC(C)C. The monoisotopic (exact) mass is 266 g/mol. The van der Waals surface area contributed by atoms with Crippen LogP contribution in [0.25, 0.3) is 0 Å². The Morgan fingerprint density at radius 3 is 2.58 bits per heavy atom. The van der Waals surface area contributed by atoms with Crippen LogP contribution in [0, 0.1) is 0 Å². The molecule has 0 spiro atoms. The Morgan fingerprint density at radius 2 is 1.95 bits per heavy atom. The van der Waals surface area contributed by atoms with Crippen molar-refractivity contribution >= 4 is 5.69 Å². The van der Waals surface area contributed by atoms with Crippen molar-refractivity contribution in [3.8, 4) is 5.75 Å². The van der Waals surface area contributed by atoms with E-state index in [0.717, 1.165) is 30.9 Å². The summed E-state index contributed by atoms with van der Waals surface area (Å²) in [5.74, 6) is 0.893. The second-order valence-electron chi connectivity index (χ2n) is 4.72. The molecule has 0 fully saturated rings. The van der Waals surface area contributed by atoms with E-state index in [9.17, 15) is 0 Å². The van der Waals surface area contributed by atoms with E-state index in [1.54, 1.807) is 7.11 Å². The van der Waals surface area contributed by atoms with Gasteiger partial charge in [0.15, 0.2) is 0 Å². The highest BCUT2D eigenvalue weighted by Gasteiger charge is 2.11. The zero-order chi connectivity index (χ0) is 14.1. The van der Waals surface area contributed by atoms with Crippen molar-refractivity contribution in [1.82, 2.24) is 0 Å². The summed E-state index contributed by atoms with van der Waals surface area (Å²) in [6, 6.07) is 8.06. The first-order valence-electron chi connectivity index (χ1n) is 6.88. The summed E-state index contributed by atoms with van der Waals surface area (Å²) in [6.07, 6.45) is 1.22. The van der Waals surface area contributed by atoms with E-state index in [1.165, 1.54) is 0 Å². The molecule has 0 unspecified atom stereocenters. The molecule has 0 heterocycles. The van der Waals surface area contributed by atoms with Crippen LogP contribution in [0.4, 0.5) is 5.69 Å². The van der Waals surface area contributed by atoms with Gasteiger partial charge in [0.2, 0.25) is 0 Å². The first kappa shape index (κ1) is 15.8. The van der Waals surface area contributed by atoms with Gasteiger partial charge in [-0.2, -0.15) is 0 Å². The maximum Gasteiger partial charge on any atom is 0.142 e. The third-order valence-electron chi connectivity index (χ3n) is 2.87. The molecule has 0 aliphatic heterocycles. The van der Waals surface area contributed by atoms with Crippen LogP contribution < -0.4 is 15.4 Å². The maximum absolute atomic E-state index is 5.63. The Bertz CT molecular complexity index is 356. The third kappa shape index (κ3) is 5.49. The van der Waals surface area contributed by atoms with Crippen molar-refractivity contribution in [1.29, 1.82) is 0 Å². The minimum absolute atomic E-state index is 0.258. The van der Waals surface area contributed by atoms with E-state index in [-0.39, 0.29) is 6.10 Å². The Morgan fingerprint density at radius 1 is 1.21 bits per heavy atom. The largest absolute Gasteiger partial charge is 0.495 e. The summed E-state index contributed by atoms with van der Waals surface area (Å²) < 4.78 is 11.1. The highest BCUT2D eigenvalue weighted by Crippen LogP contribution is 2.27. The highest BCUT2D eigenvalue weighted by atomic mass is 16.5. The maximum atomic E-state index is 5.63. The molecule has 19 heavy (non-hydrogen) atoms. The number of hydrogen-bond donors (Lipinski definition) is 1. The molecular formula is C15H26N2O2. The summed E-state index contributed by atoms with van der Waals surface area (Å²) >= 11 is 0. The van der Waals surface area contributed by atoms with Crippen LogP contribution in [-0.2, 0) is 4.74 Å². The smallest absolute Gasteiger partial charge is 0.142 e. The first-order chi connectivity index (χ1) is 9.19. The molecule has 108 valence electrons. The molecule has 4 nitrogen and oxygen atoms in total. The molecule has 2 N–H and O–H groups in total. The quantitative estimate of drug-likeness (QED) is 0.745. The van der Waals surface area contributed by atoms with E-state index in [4.69, 9.17) is 15.2 Å². The fourth-order valence-corrected chi connectivity index (χ4v) is 1.92. The minimum atomic E-state index is 0.258. The molecule has 0 radical (unpaired) electrons. The predicted molar refractivity (Wildman–Crippen MR) is 80.0 cm³/mol. The Labute approximate surface area is 116 Å². The summed E-state index contributed by atoms with van der Waals surface area (Å²) in [5, 5.41) is 0. The average Bonchev–Trinajstić information content (AvgIpc) is 2.42. The normalized spacial score (nSPS) is 10.8. The molecule has 0 bridgehead atoms. The molecule has 0 aromatic heterocycles. The van der Waals surface area contributed by atoms with Crippen molar-refractivity contribution in [2.24, 2.45) is 5.73 Å². The van der Waals surface area contributed by atoms with Gasteiger partial charge < -0.3 is 20.1 Å². The van der Waals surface area contributed by atoms with Crippen LogP contribution in [0.5, 0.6) is 5.75 Å². The molecule has 1 aromatic carbocycles. The van der Waals surface area contributed by atoms with Crippen LogP contribution in [0.15, 0.2) is 24.3 Å². The number of hydrogen-bond acceptors (Lipinski definition) is 4. The highest BCUT2D eigenvalue weighted by molar-refractivity contribution is 5.58. The lowest BCUT2D eigenvalue weighted by molar-refractivity contribution is 0.0840. The van der Waals surface area contributed by atoms with Gasteiger partial charge in [0.1, 0.15) is 5.75 Å². The van der Waals surface area contributed by atoms with Gasteiger partial charge in [-0.05, 0) is 38.9 Å². The molecule has 0 saturated carbocycles. The van der Waals surface area contributed by atoms with Gasteiger partial charge in [-0.25, -0.2) is 0 Å². The van der Waals surface area contributed by atoms with E-state index in [2.05, 4.69) is 11.0 Å². The first-order valence-corrected chi connectivity index (χ1v) is 6.88. The van der Waals surface area contributed by atoms with Crippen LogP contribution in [0.2, 0.25) is 0 Å². The molecular weight excluding hydrogens is 240 g/mol. The van der Waals surface area contributed by atoms with Gasteiger partial charge in [0, 0.05) is 13.1 Å². The van der Waals surface area contributed by atoms with Crippen LogP contribution in [-0.4, -0.2) is 39.5 Å². The lowest BCUT2D eigenvalue weighted by Gasteiger charge is -2.26. The van der Waals surface area contributed by atoms with Crippen LogP contribution in [0.3, 0.4) is 0 Å². The summed E-state index contributed by atoms with van der Waals surface area (Å²) in [5.41, 5.74) is 6.72. The number of anilines is 1. The Hall–Kier alpha value is -1.26. The van der Waals surface area contributed by atoms with Crippen molar-refractivity contribution in [2.75, 3.05) is 38.3 Å². The number of para-hydroxylation sites is 2. The number of nitrogens with zero attached hydrogens (tertiary/aromatic N) is 1. The second kappa shape index (κ2) is 8.77. The average molecular weight is 266 g/mol. The number of nitrogens with two attached hydrogens (primary N) is 1. The summed E-state index contributed by atoms with van der Waals surface area (Å²) in [7, 11) is 1.70. The van der Waals surface area contributed by atoms with Crippen molar-refractivity contribution in [3.05, 3.63) is 24.3 Å². The van der Waals surface area contributed by atoms with Crippen molar-refractivity contribution in [3.63, 3.8) is 0 Å². The van der Waals surface area contributed by atoms with E-state index < -0.39 is 0 Å². The van der Waals surface area contributed by atoms with Gasteiger partial charge in [0.25, 0.3) is 0 Å². The number of methoxy groups -OCH3 is 1. The number of rotatable bonds is 9. The lowest BCUT2D eigenvalue weighted by Crippen LogP contribution is -2.30.